The van der Waals surface area contributed by atoms with Crippen LogP contribution in [0.3, 0.4) is 0 Å². The Kier molecular flexibility index (Phi) is 3.56. The first-order valence-electron chi connectivity index (χ1n) is 5.25. The standard InChI is InChI=1S/C11H18N2S/c1-13(7-10-2-4-12-6-10)8-11-3-5-14-9-11/h3,5,9-10,12H,2,4,6-8H2,1H3. The van der Waals surface area contributed by atoms with Crippen LogP contribution in [0.1, 0.15) is 12.0 Å². The van der Waals surface area contributed by atoms with Gasteiger partial charge in [0.25, 0.3) is 0 Å². The quantitative estimate of drug-likeness (QED) is 0.815. The van der Waals surface area contributed by atoms with E-state index < -0.39 is 0 Å². The van der Waals surface area contributed by atoms with Gasteiger partial charge in [-0.1, -0.05) is 0 Å². The third-order valence-electron chi connectivity index (χ3n) is 2.76. The van der Waals surface area contributed by atoms with Crippen LogP contribution in [0.4, 0.5) is 0 Å². The summed E-state index contributed by atoms with van der Waals surface area (Å²) in [6.07, 6.45) is 1.34. The Labute approximate surface area is 89.9 Å². The first-order valence-corrected chi connectivity index (χ1v) is 6.19. The molecule has 0 aliphatic carbocycles. The summed E-state index contributed by atoms with van der Waals surface area (Å²) in [6, 6.07) is 2.22. The zero-order chi connectivity index (χ0) is 9.80. The normalized spacial score (nSPS) is 22.0. The van der Waals surface area contributed by atoms with Crippen molar-refractivity contribution in [3.8, 4) is 0 Å². The molecular formula is C11H18N2S. The number of rotatable bonds is 4. The van der Waals surface area contributed by atoms with E-state index >= 15 is 0 Å². The molecule has 1 fully saturated rings. The van der Waals surface area contributed by atoms with Gasteiger partial charge in [-0.15, -0.1) is 0 Å². The van der Waals surface area contributed by atoms with Crippen molar-refractivity contribution in [3.63, 3.8) is 0 Å². The van der Waals surface area contributed by atoms with Gasteiger partial charge in [0, 0.05) is 13.1 Å². The molecular weight excluding hydrogens is 192 g/mol. The molecule has 1 saturated heterocycles. The van der Waals surface area contributed by atoms with E-state index in [-0.39, 0.29) is 0 Å². The fourth-order valence-electron chi connectivity index (χ4n) is 2.07. The lowest BCUT2D eigenvalue weighted by Gasteiger charge is -2.19. The molecule has 1 N–H and O–H groups in total. The van der Waals surface area contributed by atoms with Crippen LogP contribution in [0, 0.1) is 5.92 Å². The van der Waals surface area contributed by atoms with Gasteiger partial charge >= 0.3 is 0 Å². The molecule has 0 amide bonds. The van der Waals surface area contributed by atoms with Crippen molar-refractivity contribution in [2.75, 3.05) is 26.7 Å². The van der Waals surface area contributed by atoms with E-state index in [1.54, 1.807) is 11.3 Å². The van der Waals surface area contributed by atoms with E-state index in [9.17, 15) is 0 Å². The van der Waals surface area contributed by atoms with Crippen molar-refractivity contribution in [1.82, 2.24) is 10.2 Å². The minimum absolute atomic E-state index is 0.860. The molecule has 2 heterocycles. The predicted octanol–water partition coefficient (Wildman–Crippen LogP) is 1.79. The van der Waals surface area contributed by atoms with Crippen molar-refractivity contribution in [2.24, 2.45) is 5.92 Å². The molecule has 1 aliphatic heterocycles. The lowest BCUT2D eigenvalue weighted by atomic mass is 10.1. The second kappa shape index (κ2) is 4.91. The molecule has 2 nitrogen and oxygen atoms in total. The SMILES string of the molecule is CN(Cc1ccsc1)CC1CCNC1. The second-order valence-corrected chi connectivity index (χ2v) is 4.97. The minimum Gasteiger partial charge on any atom is -0.316 e. The fourth-order valence-corrected chi connectivity index (χ4v) is 2.73. The smallest absolute Gasteiger partial charge is 0.0239 e. The summed E-state index contributed by atoms with van der Waals surface area (Å²) in [4.78, 5) is 2.43. The largest absolute Gasteiger partial charge is 0.316 e. The summed E-state index contributed by atoms with van der Waals surface area (Å²) in [7, 11) is 2.22. The van der Waals surface area contributed by atoms with Crippen molar-refractivity contribution in [3.05, 3.63) is 22.4 Å². The van der Waals surface area contributed by atoms with Crippen molar-refractivity contribution < 1.29 is 0 Å². The van der Waals surface area contributed by atoms with E-state index in [4.69, 9.17) is 0 Å². The van der Waals surface area contributed by atoms with Crippen LogP contribution in [0.5, 0.6) is 0 Å². The van der Waals surface area contributed by atoms with Gasteiger partial charge in [0.2, 0.25) is 0 Å². The topological polar surface area (TPSA) is 15.3 Å². The number of thiophene rings is 1. The van der Waals surface area contributed by atoms with Crippen molar-refractivity contribution in [2.45, 2.75) is 13.0 Å². The highest BCUT2D eigenvalue weighted by Gasteiger charge is 2.16. The van der Waals surface area contributed by atoms with Gasteiger partial charge in [0.15, 0.2) is 0 Å². The number of hydrogen-bond donors (Lipinski definition) is 1. The molecule has 0 spiro atoms. The maximum Gasteiger partial charge on any atom is 0.0239 e. The zero-order valence-corrected chi connectivity index (χ0v) is 9.52. The van der Waals surface area contributed by atoms with E-state index in [0.717, 1.165) is 12.5 Å². The van der Waals surface area contributed by atoms with E-state index in [1.165, 1.54) is 31.6 Å². The molecule has 3 heteroatoms. The zero-order valence-electron chi connectivity index (χ0n) is 8.70. The minimum atomic E-state index is 0.860. The highest BCUT2D eigenvalue weighted by Crippen LogP contribution is 2.12. The molecule has 14 heavy (non-hydrogen) atoms. The van der Waals surface area contributed by atoms with Gasteiger partial charge in [0.05, 0.1) is 0 Å². The van der Waals surface area contributed by atoms with Crippen LogP contribution in [-0.2, 0) is 6.54 Å². The molecule has 1 aliphatic rings. The molecule has 0 saturated carbocycles. The lowest BCUT2D eigenvalue weighted by Crippen LogP contribution is -2.26. The molecule has 78 valence electrons. The van der Waals surface area contributed by atoms with Gasteiger partial charge in [-0.05, 0) is 54.9 Å². The molecule has 2 rings (SSSR count). The maximum absolute atomic E-state index is 3.41. The van der Waals surface area contributed by atoms with Gasteiger partial charge in [-0.2, -0.15) is 11.3 Å². The Morgan fingerprint density at radius 1 is 1.64 bits per heavy atom. The first-order chi connectivity index (χ1) is 6.84. The van der Waals surface area contributed by atoms with Gasteiger partial charge < -0.3 is 10.2 Å². The molecule has 0 aromatic carbocycles. The van der Waals surface area contributed by atoms with Crippen LogP contribution in [0.25, 0.3) is 0 Å². The Bertz CT molecular complexity index is 252. The molecule has 0 radical (unpaired) electrons. The number of nitrogens with zero attached hydrogens (tertiary/aromatic N) is 1. The van der Waals surface area contributed by atoms with Crippen molar-refractivity contribution in [1.29, 1.82) is 0 Å². The first kappa shape index (κ1) is 10.1. The third-order valence-corrected chi connectivity index (χ3v) is 3.50. The highest BCUT2D eigenvalue weighted by atomic mass is 32.1. The predicted molar refractivity (Wildman–Crippen MR) is 61.6 cm³/mol. The van der Waals surface area contributed by atoms with Gasteiger partial charge in [0.1, 0.15) is 0 Å². The average molecular weight is 210 g/mol. The van der Waals surface area contributed by atoms with E-state index in [0.29, 0.717) is 0 Å². The Balaban J connectivity index is 1.75. The van der Waals surface area contributed by atoms with Crippen LogP contribution >= 0.6 is 11.3 Å². The highest BCUT2D eigenvalue weighted by molar-refractivity contribution is 7.07. The Hall–Kier alpha value is -0.380. The van der Waals surface area contributed by atoms with Gasteiger partial charge in [-0.3, -0.25) is 0 Å². The molecule has 0 bridgehead atoms. The summed E-state index contributed by atoms with van der Waals surface area (Å²) >= 11 is 1.79. The fraction of sp³-hybridized carbons (Fsp3) is 0.636. The van der Waals surface area contributed by atoms with Crippen LogP contribution in [-0.4, -0.2) is 31.6 Å². The van der Waals surface area contributed by atoms with E-state index in [2.05, 4.69) is 34.1 Å². The molecule has 1 aromatic heterocycles. The summed E-state index contributed by atoms with van der Waals surface area (Å²) in [5.74, 6) is 0.860. The Morgan fingerprint density at radius 2 is 2.57 bits per heavy atom. The summed E-state index contributed by atoms with van der Waals surface area (Å²) in [5, 5.41) is 7.80. The summed E-state index contributed by atoms with van der Waals surface area (Å²) in [6.45, 7) is 4.73. The maximum atomic E-state index is 3.41. The van der Waals surface area contributed by atoms with Crippen LogP contribution in [0.2, 0.25) is 0 Å². The van der Waals surface area contributed by atoms with Gasteiger partial charge in [-0.25, -0.2) is 0 Å². The third kappa shape index (κ3) is 2.80. The lowest BCUT2D eigenvalue weighted by molar-refractivity contribution is 0.279. The summed E-state index contributed by atoms with van der Waals surface area (Å²) in [5.41, 5.74) is 1.45. The van der Waals surface area contributed by atoms with Crippen LogP contribution < -0.4 is 5.32 Å². The number of nitrogens with one attached hydrogen (secondary N) is 1. The van der Waals surface area contributed by atoms with Crippen molar-refractivity contribution >= 4 is 11.3 Å². The molecule has 1 aromatic rings. The molecule has 1 unspecified atom stereocenters. The van der Waals surface area contributed by atoms with Crippen LogP contribution in [0.15, 0.2) is 16.8 Å². The molecule has 1 atom stereocenters. The monoisotopic (exact) mass is 210 g/mol. The number of hydrogen-bond acceptors (Lipinski definition) is 3. The Morgan fingerprint density at radius 3 is 3.21 bits per heavy atom. The second-order valence-electron chi connectivity index (χ2n) is 4.19. The summed E-state index contributed by atoms with van der Waals surface area (Å²) < 4.78 is 0. The average Bonchev–Trinajstić information content (AvgIpc) is 2.76. The van der Waals surface area contributed by atoms with E-state index in [1.807, 2.05) is 0 Å².